The first-order valence-corrected chi connectivity index (χ1v) is 7.43. The zero-order valence-electron chi connectivity index (χ0n) is 13.7. The van der Waals surface area contributed by atoms with Gasteiger partial charge in [0.15, 0.2) is 0 Å². The van der Waals surface area contributed by atoms with Gasteiger partial charge >= 0.3 is 0 Å². The Hall–Kier alpha value is -2.69. The van der Waals surface area contributed by atoms with Crippen LogP contribution in [0.3, 0.4) is 0 Å². The Morgan fingerprint density at radius 3 is 2.39 bits per heavy atom. The van der Waals surface area contributed by atoms with Crippen LogP contribution in [0, 0.1) is 0 Å². The van der Waals surface area contributed by atoms with Gasteiger partial charge < -0.3 is 9.72 Å². The number of ether oxygens (including phenoxy) is 1. The molecule has 0 aliphatic heterocycles. The van der Waals surface area contributed by atoms with Crippen LogP contribution in [-0.4, -0.2) is 22.1 Å². The fraction of sp³-hybridized carbons (Fsp3) is 0.278. The van der Waals surface area contributed by atoms with Crippen LogP contribution >= 0.6 is 0 Å². The normalized spacial score (nSPS) is 11.7. The molecule has 23 heavy (non-hydrogen) atoms. The van der Waals surface area contributed by atoms with Gasteiger partial charge in [0.25, 0.3) is 5.56 Å². The van der Waals surface area contributed by atoms with Gasteiger partial charge in [-0.3, -0.25) is 9.78 Å². The van der Waals surface area contributed by atoms with E-state index in [0.29, 0.717) is 16.7 Å². The standard InChI is InChI=1S/C18H19N3O2/c1-18(2,3)17-20-15-13(9-19-10-14(15)16(22)21-17)11-5-7-12(23-4)8-6-11/h5-10H,1-4H3,(H,20,21,22). The summed E-state index contributed by atoms with van der Waals surface area (Å²) in [6.07, 6.45) is 3.30. The van der Waals surface area contributed by atoms with Crippen LogP contribution in [0.25, 0.3) is 22.0 Å². The molecule has 0 unspecified atom stereocenters. The minimum Gasteiger partial charge on any atom is -0.497 e. The van der Waals surface area contributed by atoms with Crippen molar-refractivity contribution in [3.05, 3.63) is 52.8 Å². The van der Waals surface area contributed by atoms with Crippen LogP contribution in [0.15, 0.2) is 41.5 Å². The summed E-state index contributed by atoms with van der Waals surface area (Å²) in [5.74, 6) is 1.44. The van der Waals surface area contributed by atoms with Gasteiger partial charge in [0.05, 0.1) is 18.0 Å². The first-order valence-electron chi connectivity index (χ1n) is 7.43. The summed E-state index contributed by atoms with van der Waals surface area (Å²) in [7, 11) is 1.63. The van der Waals surface area contributed by atoms with Crippen molar-refractivity contribution in [3.8, 4) is 16.9 Å². The molecule has 1 aromatic carbocycles. The molecule has 0 fully saturated rings. The molecule has 0 spiro atoms. The van der Waals surface area contributed by atoms with Gasteiger partial charge in [-0.15, -0.1) is 0 Å². The molecule has 5 heteroatoms. The van der Waals surface area contributed by atoms with E-state index in [-0.39, 0.29) is 11.0 Å². The van der Waals surface area contributed by atoms with Gasteiger partial charge in [-0.1, -0.05) is 32.9 Å². The number of aromatic amines is 1. The predicted octanol–water partition coefficient (Wildman–Crippen LogP) is 3.29. The summed E-state index contributed by atoms with van der Waals surface area (Å²) in [4.78, 5) is 24.1. The number of hydrogen-bond acceptors (Lipinski definition) is 4. The highest BCUT2D eigenvalue weighted by Gasteiger charge is 2.19. The lowest BCUT2D eigenvalue weighted by atomic mass is 9.95. The highest BCUT2D eigenvalue weighted by molar-refractivity contribution is 5.92. The number of H-pyrrole nitrogens is 1. The molecular weight excluding hydrogens is 290 g/mol. The molecule has 0 saturated heterocycles. The molecule has 1 N–H and O–H groups in total. The van der Waals surface area contributed by atoms with E-state index < -0.39 is 0 Å². The molecule has 2 aromatic heterocycles. The van der Waals surface area contributed by atoms with Crippen LogP contribution in [0.5, 0.6) is 5.75 Å². The Labute approximate surface area is 134 Å². The number of hydrogen-bond donors (Lipinski definition) is 1. The second-order valence-corrected chi connectivity index (χ2v) is 6.48. The van der Waals surface area contributed by atoms with Crippen molar-refractivity contribution in [1.82, 2.24) is 15.0 Å². The maximum Gasteiger partial charge on any atom is 0.260 e. The third-order valence-corrected chi connectivity index (χ3v) is 3.73. The van der Waals surface area contributed by atoms with E-state index >= 15 is 0 Å². The van der Waals surface area contributed by atoms with Crippen molar-refractivity contribution in [2.24, 2.45) is 0 Å². The fourth-order valence-electron chi connectivity index (χ4n) is 2.39. The van der Waals surface area contributed by atoms with Gasteiger partial charge in [0, 0.05) is 23.4 Å². The molecule has 0 amide bonds. The van der Waals surface area contributed by atoms with Gasteiger partial charge in [-0.25, -0.2) is 4.98 Å². The second-order valence-electron chi connectivity index (χ2n) is 6.48. The summed E-state index contributed by atoms with van der Waals surface area (Å²) in [5.41, 5.74) is 2.04. The summed E-state index contributed by atoms with van der Waals surface area (Å²) in [6, 6.07) is 7.64. The van der Waals surface area contributed by atoms with Crippen molar-refractivity contribution < 1.29 is 4.74 Å². The van der Waals surface area contributed by atoms with Gasteiger partial charge in [-0.05, 0) is 17.7 Å². The molecule has 0 saturated carbocycles. The van der Waals surface area contributed by atoms with Crippen molar-refractivity contribution in [2.45, 2.75) is 26.2 Å². The molecule has 0 atom stereocenters. The monoisotopic (exact) mass is 309 g/mol. The van der Waals surface area contributed by atoms with Crippen molar-refractivity contribution in [1.29, 1.82) is 0 Å². The topological polar surface area (TPSA) is 67.9 Å². The molecule has 0 aliphatic carbocycles. The number of benzene rings is 1. The lowest BCUT2D eigenvalue weighted by Gasteiger charge is -2.18. The molecule has 118 valence electrons. The number of nitrogens with zero attached hydrogens (tertiary/aromatic N) is 2. The van der Waals surface area contributed by atoms with Gasteiger partial charge in [0.2, 0.25) is 0 Å². The molecule has 0 bridgehead atoms. The van der Waals surface area contributed by atoms with E-state index in [1.54, 1.807) is 19.5 Å². The van der Waals surface area contributed by atoms with Gasteiger partial charge in [-0.2, -0.15) is 0 Å². The minimum absolute atomic E-state index is 0.164. The number of fused-ring (bicyclic) bond motifs is 1. The first kappa shape index (κ1) is 15.2. The van der Waals surface area contributed by atoms with Gasteiger partial charge in [0.1, 0.15) is 11.6 Å². The second kappa shape index (κ2) is 5.50. The maximum absolute atomic E-state index is 12.4. The summed E-state index contributed by atoms with van der Waals surface area (Å²) in [5, 5.41) is 0.492. The van der Waals surface area contributed by atoms with E-state index in [1.165, 1.54) is 0 Å². The molecule has 3 aromatic rings. The van der Waals surface area contributed by atoms with Crippen LogP contribution < -0.4 is 10.3 Å². The smallest absolute Gasteiger partial charge is 0.260 e. The zero-order valence-corrected chi connectivity index (χ0v) is 13.7. The minimum atomic E-state index is -0.242. The third kappa shape index (κ3) is 2.82. The van der Waals surface area contributed by atoms with Crippen LogP contribution in [0.1, 0.15) is 26.6 Å². The Morgan fingerprint density at radius 2 is 1.78 bits per heavy atom. The van der Waals surface area contributed by atoms with Crippen LogP contribution in [0.4, 0.5) is 0 Å². The van der Waals surface area contributed by atoms with E-state index in [4.69, 9.17) is 9.72 Å². The molecule has 0 aliphatic rings. The SMILES string of the molecule is COc1ccc(-c2cncc3c(=O)[nH]c(C(C)(C)C)nc23)cc1. The molecule has 0 radical (unpaired) electrons. The molecular formula is C18H19N3O2. The van der Waals surface area contributed by atoms with Crippen molar-refractivity contribution >= 4 is 10.9 Å². The maximum atomic E-state index is 12.4. The Balaban J connectivity index is 2.28. The molecule has 5 nitrogen and oxygen atoms in total. The first-order chi connectivity index (χ1) is 10.9. The van der Waals surface area contributed by atoms with Crippen molar-refractivity contribution in [3.63, 3.8) is 0 Å². The number of pyridine rings is 1. The third-order valence-electron chi connectivity index (χ3n) is 3.73. The van der Waals surface area contributed by atoms with Crippen LogP contribution in [-0.2, 0) is 5.41 Å². The molecule has 2 heterocycles. The number of nitrogens with one attached hydrogen (secondary N) is 1. The van der Waals surface area contributed by atoms with E-state index in [0.717, 1.165) is 16.9 Å². The average Bonchev–Trinajstić information content (AvgIpc) is 2.53. The van der Waals surface area contributed by atoms with Crippen molar-refractivity contribution in [2.75, 3.05) is 7.11 Å². The number of aromatic nitrogens is 3. The summed E-state index contributed by atoms with van der Waals surface area (Å²) >= 11 is 0. The lowest BCUT2D eigenvalue weighted by molar-refractivity contribution is 0.415. The molecule has 3 rings (SSSR count). The fourth-order valence-corrected chi connectivity index (χ4v) is 2.39. The Kier molecular flexibility index (Phi) is 3.64. The Morgan fingerprint density at radius 1 is 1.09 bits per heavy atom. The zero-order chi connectivity index (χ0) is 16.6. The predicted molar refractivity (Wildman–Crippen MR) is 90.8 cm³/mol. The number of rotatable bonds is 2. The highest BCUT2D eigenvalue weighted by Crippen LogP contribution is 2.28. The lowest BCUT2D eigenvalue weighted by Crippen LogP contribution is -2.22. The van der Waals surface area contributed by atoms with E-state index in [9.17, 15) is 4.79 Å². The number of methoxy groups -OCH3 is 1. The van der Waals surface area contributed by atoms with E-state index in [2.05, 4.69) is 9.97 Å². The quantitative estimate of drug-likeness (QED) is 0.788. The Bertz CT molecular complexity index is 906. The van der Waals surface area contributed by atoms with Crippen LogP contribution in [0.2, 0.25) is 0 Å². The largest absolute Gasteiger partial charge is 0.497 e. The summed E-state index contributed by atoms with van der Waals surface area (Å²) in [6.45, 7) is 6.06. The van der Waals surface area contributed by atoms with E-state index in [1.807, 2.05) is 45.0 Å². The summed E-state index contributed by atoms with van der Waals surface area (Å²) < 4.78 is 5.19. The average molecular weight is 309 g/mol. The highest BCUT2D eigenvalue weighted by atomic mass is 16.5.